The van der Waals surface area contributed by atoms with Crippen molar-refractivity contribution in [3.05, 3.63) is 41.4 Å². The van der Waals surface area contributed by atoms with Gasteiger partial charge in [0, 0.05) is 16.6 Å². The standard InChI is InChI=1S/C13H18ClNO/c1-3-4-5-8-16-13-7-6-11(14)9-12(13)10(2)15/h3,6-7,9-10H,1,4-5,8,15H2,2H3. The minimum Gasteiger partial charge on any atom is -0.493 e. The lowest BCUT2D eigenvalue weighted by atomic mass is 10.1. The van der Waals surface area contributed by atoms with Gasteiger partial charge in [0.1, 0.15) is 5.75 Å². The summed E-state index contributed by atoms with van der Waals surface area (Å²) in [5, 5.41) is 0.686. The summed E-state index contributed by atoms with van der Waals surface area (Å²) in [5.74, 6) is 0.823. The third kappa shape index (κ3) is 3.87. The van der Waals surface area contributed by atoms with Crippen molar-refractivity contribution in [3.8, 4) is 5.75 Å². The van der Waals surface area contributed by atoms with E-state index in [2.05, 4.69) is 6.58 Å². The molecule has 2 N–H and O–H groups in total. The number of halogens is 1. The normalized spacial score (nSPS) is 12.2. The Morgan fingerprint density at radius 3 is 2.94 bits per heavy atom. The second kappa shape index (κ2) is 6.56. The zero-order valence-corrected chi connectivity index (χ0v) is 10.3. The van der Waals surface area contributed by atoms with Gasteiger partial charge in [-0.1, -0.05) is 17.7 Å². The van der Waals surface area contributed by atoms with Crippen LogP contribution in [0.25, 0.3) is 0 Å². The van der Waals surface area contributed by atoms with Crippen LogP contribution in [0.2, 0.25) is 5.02 Å². The van der Waals surface area contributed by atoms with Gasteiger partial charge in [0.25, 0.3) is 0 Å². The maximum Gasteiger partial charge on any atom is 0.124 e. The molecule has 0 saturated carbocycles. The fourth-order valence-electron chi connectivity index (χ4n) is 1.42. The van der Waals surface area contributed by atoms with Gasteiger partial charge < -0.3 is 10.5 Å². The van der Waals surface area contributed by atoms with Crippen molar-refractivity contribution in [2.24, 2.45) is 5.73 Å². The van der Waals surface area contributed by atoms with Crippen LogP contribution in [-0.2, 0) is 0 Å². The van der Waals surface area contributed by atoms with E-state index < -0.39 is 0 Å². The Kier molecular flexibility index (Phi) is 5.36. The van der Waals surface area contributed by atoms with Crippen LogP contribution in [0, 0.1) is 0 Å². The van der Waals surface area contributed by atoms with Gasteiger partial charge in [-0.2, -0.15) is 0 Å². The molecule has 3 heteroatoms. The van der Waals surface area contributed by atoms with Crippen LogP contribution in [-0.4, -0.2) is 6.61 Å². The summed E-state index contributed by atoms with van der Waals surface area (Å²) in [6.45, 7) is 6.26. The van der Waals surface area contributed by atoms with Gasteiger partial charge in [-0.05, 0) is 38.0 Å². The lowest BCUT2D eigenvalue weighted by Crippen LogP contribution is -2.08. The minimum atomic E-state index is -0.0758. The van der Waals surface area contributed by atoms with E-state index in [4.69, 9.17) is 22.1 Å². The van der Waals surface area contributed by atoms with Crippen molar-refractivity contribution >= 4 is 11.6 Å². The van der Waals surface area contributed by atoms with Crippen molar-refractivity contribution in [1.82, 2.24) is 0 Å². The third-order valence-corrected chi connectivity index (χ3v) is 2.51. The second-order valence-electron chi connectivity index (χ2n) is 3.75. The van der Waals surface area contributed by atoms with Gasteiger partial charge in [0.05, 0.1) is 6.61 Å². The van der Waals surface area contributed by atoms with Crippen molar-refractivity contribution < 1.29 is 4.74 Å². The molecule has 0 heterocycles. The minimum absolute atomic E-state index is 0.0758. The summed E-state index contributed by atoms with van der Waals surface area (Å²) in [6, 6.07) is 5.47. The molecule has 0 aliphatic rings. The first kappa shape index (κ1) is 13.1. The number of hydrogen-bond donors (Lipinski definition) is 1. The number of rotatable bonds is 6. The highest BCUT2D eigenvalue weighted by Gasteiger charge is 2.08. The molecule has 0 radical (unpaired) electrons. The van der Waals surface area contributed by atoms with Gasteiger partial charge in [-0.15, -0.1) is 6.58 Å². The van der Waals surface area contributed by atoms with Crippen LogP contribution in [0.4, 0.5) is 0 Å². The van der Waals surface area contributed by atoms with E-state index in [1.807, 2.05) is 31.2 Å². The smallest absolute Gasteiger partial charge is 0.124 e. The summed E-state index contributed by atoms with van der Waals surface area (Å²) >= 11 is 5.92. The Labute approximate surface area is 102 Å². The Morgan fingerprint density at radius 1 is 1.56 bits per heavy atom. The summed E-state index contributed by atoms with van der Waals surface area (Å²) in [4.78, 5) is 0. The van der Waals surface area contributed by atoms with Crippen LogP contribution in [0.15, 0.2) is 30.9 Å². The average Bonchev–Trinajstić information content (AvgIpc) is 2.26. The monoisotopic (exact) mass is 239 g/mol. The van der Waals surface area contributed by atoms with Crippen LogP contribution >= 0.6 is 11.6 Å². The maximum atomic E-state index is 5.92. The predicted molar refractivity (Wildman–Crippen MR) is 69.0 cm³/mol. The first-order chi connectivity index (χ1) is 7.65. The highest BCUT2D eigenvalue weighted by molar-refractivity contribution is 6.30. The van der Waals surface area contributed by atoms with E-state index in [9.17, 15) is 0 Å². The number of benzene rings is 1. The quantitative estimate of drug-likeness (QED) is 0.607. The first-order valence-electron chi connectivity index (χ1n) is 5.44. The third-order valence-electron chi connectivity index (χ3n) is 2.27. The van der Waals surface area contributed by atoms with E-state index >= 15 is 0 Å². The molecule has 16 heavy (non-hydrogen) atoms. The maximum absolute atomic E-state index is 5.92. The van der Waals surface area contributed by atoms with Gasteiger partial charge in [-0.25, -0.2) is 0 Å². The van der Waals surface area contributed by atoms with Crippen LogP contribution < -0.4 is 10.5 Å². The fraction of sp³-hybridized carbons (Fsp3) is 0.385. The molecule has 0 saturated heterocycles. The summed E-state index contributed by atoms with van der Waals surface area (Å²) in [7, 11) is 0. The van der Waals surface area contributed by atoms with Crippen LogP contribution in [0.1, 0.15) is 31.4 Å². The van der Waals surface area contributed by atoms with E-state index in [0.29, 0.717) is 11.6 Å². The molecule has 1 unspecified atom stereocenters. The topological polar surface area (TPSA) is 35.2 Å². The highest BCUT2D eigenvalue weighted by atomic mass is 35.5. The van der Waals surface area contributed by atoms with E-state index in [-0.39, 0.29) is 6.04 Å². The molecule has 0 aliphatic carbocycles. The molecule has 0 aliphatic heterocycles. The SMILES string of the molecule is C=CCCCOc1ccc(Cl)cc1C(C)N. The van der Waals surface area contributed by atoms with Crippen LogP contribution in [0.5, 0.6) is 5.75 Å². The van der Waals surface area contributed by atoms with Gasteiger partial charge >= 0.3 is 0 Å². The second-order valence-corrected chi connectivity index (χ2v) is 4.19. The first-order valence-corrected chi connectivity index (χ1v) is 5.81. The Morgan fingerprint density at radius 2 is 2.31 bits per heavy atom. The molecule has 2 nitrogen and oxygen atoms in total. The Hall–Kier alpha value is -0.990. The van der Waals surface area contributed by atoms with Crippen molar-refractivity contribution in [2.75, 3.05) is 6.61 Å². The summed E-state index contributed by atoms with van der Waals surface area (Å²) in [6.07, 6.45) is 3.81. The van der Waals surface area contributed by atoms with Crippen molar-refractivity contribution in [3.63, 3.8) is 0 Å². The van der Waals surface area contributed by atoms with Crippen molar-refractivity contribution in [1.29, 1.82) is 0 Å². The molecule has 88 valence electrons. The van der Waals surface area contributed by atoms with E-state index in [1.54, 1.807) is 0 Å². The molecule has 0 bridgehead atoms. The Bertz CT molecular complexity index is 350. The lowest BCUT2D eigenvalue weighted by Gasteiger charge is -2.14. The summed E-state index contributed by atoms with van der Waals surface area (Å²) < 4.78 is 5.67. The molecule has 1 aromatic carbocycles. The average molecular weight is 240 g/mol. The molecular weight excluding hydrogens is 222 g/mol. The fourth-order valence-corrected chi connectivity index (χ4v) is 1.60. The summed E-state index contributed by atoms with van der Waals surface area (Å²) in [5.41, 5.74) is 6.81. The molecule has 0 spiro atoms. The molecule has 1 rings (SSSR count). The number of ether oxygens (including phenoxy) is 1. The molecule has 0 aromatic heterocycles. The van der Waals surface area contributed by atoms with Gasteiger partial charge in [0.15, 0.2) is 0 Å². The molecule has 0 fully saturated rings. The number of hydrogen-bond acceptors (Lipinski definition) is 2. The predicted octanol–water partition coefficient (Wildman–Crippen LogP) is 3.70. The number of unbranched alkanes of at least 4 members (excludes halogenated alkanes) is 1. The number of nitrogens with two attached hydrogens (primary N) is 1. The van der Waals surface area contributed by atoms with Crippen molar-refractivity contribution in [2.45, 2.75) is 25.8 Å². The van der Waals surface area contributed by atoms with Crippen LogP contribution in [0.3, 0.4) is 0 Å². The largest absolute Gasteiger partial charge is 0.493 e. The number of allylic oxidation sites excluding steroid dienone is 1. The Balaban J connectivity index is 2.67. The molecule has 1 atom stereocenters. The molecular formula is C13H18ClNO. The highest BCUT2D eigenvalue weighted by Crippen LogP contribution is 2.27. The zero-order chi connectivity index (χ0) is 12.0. The zero-order valence-electron chi connectivity index (χ0n) is 9.58. The molecule has 0 amide bonds. The molecule has 1 aromatic rings. The van der Waals surface area contributed by atoms with Gasteiger partial charge in [0.2, 0.25) is 0 Å². The van der Waals surface area contributed by atoms with E-state index in [0.717, 1.165) is 24.2 Å². The van der Waals surface area contributed by atoms with E-state index in [1.165, 1.54) is 0 Å². The lowest BCUT2D eigenvalue weighted by molar-refractivity contribution is 0.307. The van der Waals surface area contributed by atoms with Gasteiger partial charge in [-0.3, -0.25) is 0 Å².